The topological polar surface area (TPSA) is 84.9 Å². The summed E-state index contributed by atoms with van der Waals surface area (Å²) >= 11 is 0. The highest BCUT2D eigenvalue weighted by atomic mass is 16.6. The van der Waals surface area contributed by atoms with Gasteiger partial charge in [0, 0.05) is 0 Å². The third-order valence-corrected chi connectivity index (χ3v) is 3.53. The highest BCUT2D eigenvalue weighted by Gasteiger charge is 2.34. The van der Waals surface area contributed by atoms with Crippen LogP contribution >= 0.6 is 0 Å². The van der Waals surface area contributed by atoms with E-state index in [0.717, 1.165) is 10.6 Å². The lowest BCUT2D eigenvalue weighted by Crippen LogP contribution is -2.57. The van der Waals surface area contributed by atoms with Crippen LogP contribution in [0.5, 0.6) is 0 Å². The van der Waals surface area contributed by atoms with E-state index in [1.54, 1.807) is 47.6 Å². The molecule has 0 saturated carbocycles. The van der Waals surface area contributed by atoms with Crippen molar-refractivity contribution in [1.29, 1.82) is 0 Å². The summed E-state index contributed by atoms with van der Waals surface area (Å²) in [5.74, 6) is -0.628. The third kappa shape index (κ3) is 7.82. The molecule has 0 aliphatic carbocycles. The van der Waals surface area contributed by atoms with Crippen LogP contribution in [0.4, 0.5) is 9.59 Å². The number of hydrogen-bond acceptors (Lipinski definition) is 5. The number of hydrogen-bond donors (Lipinski definition) is 1. The van der Waals surface area contributed by atoms with E-state index < -0.39 is 24.3 Å². The van der Waals surface area contributed by atoms with E-state index in [0.29, 0.717) is 0 Å². The molecule has 0 saturated heterocycles. The van der Waals surface area contributed by atoms with Crippen LogP contribution in [-0.4, -0.2) is 41.2 Å². The first kappa shape index (κ1) is 23.2. The Kier molecular flexibility index (Phi) is 9.21. The average Bonchev–Trinajstić information content (AvgIpc) is 2.58. The maximum atomic E-state index is 12.9. The lowest BCUT2D eigenvalue weighted by molar-refractivity contribution is -0.121. The lowest BCUT2D eigenvalue weighted by Gasteiger charge is -2.32. The minimum atomic E-state index is -0.953. The number of benzene rings is 1. The fourth-order valence-corrected chi connectivity index (χ4v) is 2.42. The Bertz CT molecular complexity index is 683. The largest absolute Gasteiger partial charge is 0.446 e. The summed E-state index contributed by atoms with van der Waals surface area (Å²) in [4.78, 5) is 37.5. The van der Waals surface area contributed by atoms with Gasteiger partial charge in [-0.25, -0.2) is 20.0 Å². The van der Waals surface area contributed by atoms with Gasteiger partial charge in [-0.15, -0.1) is 0 Å². The van der Waals surface area contributed by atoms with Crippen LogP contribution in [0.25, 0.3) is 6.08 Å². The van der Waals surface area contributed by atoms with Crippen molar-refractivity contribution in [3.63, 3.8) is 0 Å². The molecule has 0 radical (unpaired) electrons. The molecule has 1 aromatic rings. The van der Waals surface area contributed by atoms with E-state index >= 15 is 0 Å². The zero-order chi connectivity index (χ0) is 21.3. The molecule has 0 aliphatic rings. The first-order chi connectivity index (χ1) is 13.1. The van der Waals surface area contributed by atoms with Crippen LogP contribution in [0.3, 0.4) is 0 Å². The number of ketones is 1. The maximum Gasteiger partial charge on any atom is 0.429 e. The Labute approximate surface area is 166 Å². The van der Waals surface area contributed by atoms with Crippen LogP contribution in [0, 0.1) is 5.92 Å². The molecular weight excluding hydrogens is 360 g/mol. The van der Waals surface area contributed by atoms with Gasteiger partial charge in [0.25, 0.3) is 0 Å². The van der Waals surface area contributed by atoms with Crippen molar-refractivity contribution in [3.05, 3.63) is 42.0 Å². The molecule has 2 amide bonds. The summed E-state index contributed by atoms with van der Waals surface area (Å²) in [6, 6.07) is 8.36. The second kappa shape index (κ2) is 11.1. The highest BCUT2D eigenvalue weighted by Crippen LogP contribution is 2.15. The number of hydrazine groups is 1. The van der Waals surface area contributed by atoms with Crippen molar-refractivity contribution < 1.29 is 23.9 Å². The van der Waals surface area contributed by atoms with E-state index in [1.807, 2.05) is 30.3 Å². The molecular formula is C21H30N2O5. The Morgan fingerprint density at radius 3 is 2.00 bits per heavy atom. The summed E-state index contributed by atoms with van der Waals surface area (Å²) < 4.78 is 10.2. The van der Waals surface area contributed by atoms with Crippen LogP contribution < -0.4 is 5.43 Å². The fourth-order valence-electron chi connectivity index (χ4n) is 2.42. The highest BCUT2D eigenvalue weighted by molar-refractivity contribution is 5.99. The van der Waals surface area contributed by atoms with Gasteiger partial charge in [0.15, 0.2) is 5.78 Å². The van der Waals surface area contributed by atoms with Crippen molar-refractivity contribution in [2.45, 2.75) is 59.8 Å². The van der Waals surface area contributed by atoms with Crippen molar-refractivity contribution >= 4 is 24.0 Å². The van der Waals surface area contributed by atoms with Gasteiger partial charge in [-0.05, 0) is 45.3 Å². The maximum absolute atomic E-state index is 12.9. The van der Waals surface area contributed by atoms with Crippen LogP contribution in [0.1, 0.15) is 47.1 Å². The van der Waals surface area contributed by atoms with Crippen molar-refractivity contribution in [2.24, 2.45) is 5.92 Å². The lowest BCUT2D eigenvalue weighted by atomic mass is 9.98. The van der Waals surface area contributed by atoms with Crippen molar-refractivity contribution in [2.75, 3.05) is 0 Å². The summed E-state index contributed by atoms with van der Waals surface area (Å²) in [6.07, 6.45) is 0.605. The van der Waals surface area contributed by atoms with Crippen LogP contribution in [-0.2, 0) is 14.3 Å². The number of carbonyl (C=O) groups excluding carboxylic acids is 3. The molecule has 0 spiro atoms. The molecule has 7 heteroatoms. The van der Waals surface area contributed by atoms with E-state index in [-0.39, 0.29) is 17.8 Å². The minimum absolute atomic E-state index is 0.285. The second-order valence-electron chi connectivity index (χ2n) is 7.20. The van der Waals surface area contributed by atoms with E-state index in [2.05, 4.69) is 5.43 Å². The third-order valence-electron chi connectivity index (χ3n) is 3.53. The Morgan fingerprint density at radius 2 is 1.50 bits per heavy atom. The van der Waals surface area contributed by atoms with Gasteiger partial charge in [-0.1, -0.05) is 50.3 Å². The molecule has 7 nitrogen and oxygen atoms in total. The molecule has 0 fully saturated rings. The molecule has 1 N–H and O–H groups in total. The van der Waals surface area contributed by atoms with Gasteiger partial charge in [-0.2, -0.15) is 0 Å². The van der Waals surface area contributed by atoms with Gasteiger partial charge in [-0.3, -0.25) is 4.79 Å². The van der Waals surface area contributed by atoms with Gasteiger partial charge in [0.05, 0.1) is 12.2 Å². The quantitative estimate of drug-likeness (QED) is 0.557. The average molecular weight is 390 g/mol. The van der Waals surface area contributed by atoms with Crippen molar-refractivity contribution in [1.82, 2.24) is 10.4 Å². The number of rotatable bonds is 7. The number of nitrogens with zero attached hydrogens (tertiary/aromatic N) is 1. The van der Waals surface area contributed by atoms with E-state index in [4.69, 9.17) is 9.47 Å². The molecule has 1 atom stereocenters. The van der Waals surface area contributed by atoms with Crippen molar-refractivity contribution in [3.8, 4) is 0 Å². The van der Waals surface area contributed by atoms with Crippen LogP contribution in [0.15, 0.2) is 36.4 Å². The molecule has 0 heterocycles. The second-order valence-corrected chi connectivity index (χ2v) is 7.20. The molecule has 0 bridgehead atoms. The molecule has 28 heavy (non-hydrogen) atoms. The summed E-state index contributed by atoms with van der Waals surface area (Å²) in [6.45, 7) is 10.3. The zero-order valence-electron chi connectivity index (χ0n) is 17.3. The van der Waals surface area contributed by atoms with Gasteiger partial charge < -0.3 is 9.47 Å². The SMILES string of the molecule is CC(C)OC(=O)NN(C(=O)OC(C)C)C(C(=O)/C=C/c1ccccc1)C(C)C. The first-order valence-corrected chi connectivity index (χ1v) is 9.35. The fraction of sp³-hybridized carbons (Fsp3) is 0.476. The summed E-state index contributed by atoms with van der Waals surface area (Å²) in [5, 5.41) is 0.910. The molecule has 154 valence electrons. The Hall–Kier alpha value is -2.83. The number of nitrogens with one attached hydrogen (secondary N) is 1. The Balaban J connectivity index is 3.10. The van der Waals surface area contributed by atoms with Gasteiger partial charge in [0.2, 0.25) is 0 Å². The summed E-state index contributed by atoms with van der Waals surface area (Å²) in [7, 11) is 0. The molecule has 1 aromatic carbocycles. The minimum Gasteiger partial charge on any atom is -0.446 e. The normalized spacial score (nSPS) is 12.3. The number of amides is 2. The molecule has 0 aromatic heterocycles. The first-order valence-electron chi connectivity index (χ1n) is 9.35. The monoisotopic (exact) mass is 390 g/mol. The van der Waals surface area contributed by atoms with E-state index in [1.165, 1.54) is 6.08 Å². The summed E-state index contributed by atoms with van der Waals surface area (Å²) in [5.41, 5.74) is 3.21. The molecule has 0 aliphatic heterocycles. The smallest absolute Gasteiger partial charge is 0.429 e. The number of carbonyl (C=O) groups is 3. The van der Waals surface area contributed by atoms with Gasteiger partial charge in [0.1, 0.15) is 6.04 Å². The molecule has 1 rings (SSSR count). The van der Waals surface area contributed by atoms with Gasteiger partial charge >= 0.3 is 12.2 Å². The number of ether oxygens (including phenoxy) is 2. The predicted octanol–water partition coefficient (Wildman–Crippen LogP) is 4.19. The van der Waals surface area contributed by atoms with Crippen LogP contribution in [0.2, 0.25) is 0 Å². The van der Waals surface area contributed by atoms with E-state index in [9.17, 15) is 14.4 Å². The predicted molar refractivity (Wildman–Crippen MR) is 107 cm³/mol. The molecule has 1 unspecified atom stereocenters. The zero-order valence-corrected chi connectivity index (χ0v) is 17.3. The Morgan fingerprint density at radius 1 is 0.929 bits per heavy atom. The standard InChI is InChI=1S/C21H30N2O5/c1-14(2)19(18(24)13-12-17-10-8-7-9-11-17)23(21(26)28-16(5)6)22-20(25)27-15(3)4/h7-16,19H,1-6H3,(H,22,25)/b13-12+.